The van der Waals surface area contributed by atoms with Gasteiger partial charge in [0, 0.05) is 12.6 Å². The summed E-state index contributed by atoms with van der Waals surface area (Å²) < 4.78 is 5.39. The van der Waals surface area contributed by atoms with Crippen LogP contribution in [0.4, 0.5) is 11.4 Å². The minimum absolute atomic E-state index is 0.117. The third-order valence-electron chi connectivity index (χ3n) is 3.28. The number of nitrogens with one attached hydrogen (secondary N) is 1. The van der Waals surface area contributed by atoms with Gasteiger partial charge in [-0.3, -0.25) is 25.0 Å². The van der Waals surface area contributed by atoms with Crippen LogP contribution in [0.1, 0.15) is 15.9 Å². The van der Waals surface area contributed by atoms with E-state index in [1.54, 1.807) is 0 Å². The Balaban J connectivity index is 1.93. The maximum absolute atomic E-state index is 12.1. The second-order valence-corrected chi connectivity index (χ2v) is 4.98. The number of carbonyl (C=O) groups is 1. The topological polar surface area (TPSA) is 125 Å². The van der Waals surface area contributed by atoms with Gasteiger partial charge < -0.3 is 10.1 Å². The van der Waals surface area contributed by atoms with Gasteiger partial charge in [0.1, 0.15) is 5.56 Å². The largest absolute Gasteiger partial charge is 0.375 e. The van der Waals surface area contributed by atoms with E-state index in [0.717, 1.165) is 11.6 Å². The van der Waals surface area contributed by atoms with Gasteiger partial charge >= 0.3 is 11.4 Å². The number of amides is 1. The molecule has 0 fully saturated rings. The van der Waals surface area contributed by atoms with Gasteiger partial charge in [-0.1, -0.05) is 36.4 Å². The third-order valence-corrected chi connectivity index (χ3v) is 3.28. The standard InChI is InChI=1S/C16H15N3O6/c20-16(17-9-10-25-11-12-5-2-1-3-6-12)13-7-4-8-14(18(21)22)15(13)19(23)24/h1-8H,9-11H2,(H,17,20). The molecule has 0 heterocycles. The number of hydrogen-bond donors (Lipinski definition) is 1. The van der Waals surface area contributed by atoms with Gasteiger partial charge in [0.2, 0.25) is 0 Å². The second kappa shape index (κ2) is 8.50. The second-order valence-electron chi connectivity index (χ2n) is 4.98. The predicted molar refractivity (Wildman–Crippen MR) is 88.2 cm³/mol. The minimum atomic E-state index is -0.932. The number of nitro benzene ring substituents is 2. The molecule has 0 saturated carbocycles. The van der Waals surface area contributed by atoms with E-state index in [1.807, 2.05) is 30.3 Å². The van der Waals surface area contributed by atoms with Gasteiger partial charge in [0.25, 0.3) is 5.91 Å². The molecule has 0 aliphatic carbocycles. The van der Waals surface area contributed by atoms with Crippen molar-refractivity contribution in [2.75, 3.05) is 13.2 Å². The number of nitro groups is 2. The lowest BCUT2D eigenvalue weighted by Crippen LogP contribution is -2.28. The quantitative estimate of drug-likeness (QED) is 0.445. The van der Waals surface area contributed by atoms with Crippen LogP contribution in [0.25, 0.3) is 0 Å². The monoisotopic (exact) mass is 345 g/mol. The Morgan fingerprint density at radius 2 is 1.72 bits per heavy atom. The molecule has 2 aromatic carbocycles. The van der Waals surface area contributed by atoms with Gasteiger partial charge in [-0.05, 0) is 11.6 Å². The summed E-state index contributed by atoms with van der Waals surface area (Å²) in [5.74, 6) is -0.765. The highest BCUT2D eigenvalue weighted by Gasteiger charge is 2.31. The van der Waals surface area contributed by atoms with E-state index >= 15 is 0 Å². The fourth-order valence-corrected chi connectivity index (χ4v) is 2.15. The smallest absolute Gasteiger partial charge is 0.358 e. The Morgan fingerprint density at radius 3 is 2.36 bits per heavy atom. The number of ether oxygens (including phenoxy) is 1. The molecule has 0 saturated heterocycles. The van der Waals surface area contributed by atoms with Crippen molar-refractivity contribution in [2.45, 2.75) is 6.61 Å². The molecule has 9 heteroatoms. The van der Waals surface area contributed by atoms with E-state index in [-0.39, 0.29) is 18.7 Å². The lowest BCUT2D eigenvalue weighted by atomic mass is 10.1. The van der Waals surface area contributed by atoms with E-state index in [2.05, 4.69) is 5.32 Å². The molecule has 0 radical (unpaired) electrons. The van der Waals surface area contributed by atoms with Crippen LogP contribution in [-0.2, 0) is 11.3 Å². The highest BCUT2D eigenvalue weighted by atomic mass is 16.6. The van der Waals surface area contributed by atoms with Gasteiger partial charge in [-0.2, -0.15) is 0 Å². The van der Waals surface area contributed by atoms with Gasteiger partial charge in [-0.25, -0.2) is 0 Å². The van der Waals surface area contributed by atoms with E-state index in [4.69, 9.17) is 4.74 Å². The zero-order valence-electron chi connectivity index (χ0n) is 13.1. The highest BCUT2D eigenvalue weighted by Crippen LogP contribution is 2.30. The molecule has 9 nitrogen and oxygen atoms in total. The molecule has 1 N–H and O–H groups in total. The van der Waals surface area contributed by atoms with Crippen molar-refractivity contribution in [2.24, 2.45) is 0 Å². The molecule has 25 heavy (non-hydrogen) atoms. The van der Waals surface area contributed by atoms with Crippen LogP contribution in [0.3, 0.4) is 0 Å². The van der Waals surface area contributed by atoms with Gasteiger partial charge in [0.15, 0.2) is 0 Å². The molecule has 0 spiro atoms. The van der Waals surface area contributed by atoms with E-state index < -0.39 is 27.1 Å². The summed E-state index contributed by atoms with van der Waals surface area (Å²) in [5.41, 5.74) is -0.932. The summed E-state index contributed by atoms with van der Waals surface area (Å²) in [6, 6.07) is 12.8. The van der Waals surface area contributed by atoms with E-state index in [1.165, 1.54) is 12.1 Å². The molecule has 130 valence electrons. The normalized spacial score (nSPS) is 10.2. The average molecular weight is 345 g/mol. The lowest BCUT2D eigenvalue weighted by Gasteiger charge is -2.07. The Kier molecular flexibility index (Phi) is 6.13. The van der Waals surface area contributed by atoms with E-state index in [0.29, 0.717) is 6.61 Å². The zero-order valence-corrected chi connectivity index (χ0v) is 13.1. The summed E-state index contributed by atoms with van der Waals surface area (Å²) >= 11 is 0. The first-order chi connectivity index (χ1) is 12.0. The maximum Gasteiger partial charge on any atom is 0.358 e. The van der Waals surface area contributed by atoms with Crippen LogP contribution in [0, 0.1) is 20.2 Å². The van der Waals surface area contributed by atoms with Crippen molar-refractivity contribution in [1.82, 2.24) is 5.32 Å². The van der Waals surface area contributed by atoms with Crippen molar-refractivity contribution in [3.8, 4) is 0 Å². The Hall–Kier alpha value is -3.33. The van der Waals surface area contributed by atoms with Crippen LogP contribution < -0.4 is 5.32 Å². The molecule has 0 aliphatic heterocycles. The van der Waals surface area contributed by atoms with Gasteiger partial charge in [-0.15, -0.1) is 0 Å². The molecular formula is C16H15N3O6. The van der Waals surface area contributed by atoms with Crippen molar-refractivity contribution in [3.05, 3.63) is 79.9 Å². The maximum atomic E-state index is 12.1. The third kappa shape index (κ3) is 4.82. The predicted octanol–water partition coefficient (Wildman–Crippen LogP) is 2.45. The Morgan fingerprint density at radius 1 is 1.00 bits per heavy atom. The first-order valence-electron chi connectivity index (χ1n) is 7.32. The molecule has 2 aromatic rings. The number of carbonyl (C=O) groups excluding carboxylic acids is 1. The first kappa shape index (κ1) is 18.0. The molecule has 2 rings (SSSR count). The fourth-order valence-electron chi connectivity index (χ4n) is 2.15. The summed E-state index contributed by atoms with van der Waals surface area (Å²) in [6.07, 6.45) is 0. The number of rotatable bonds is 8. The van der Waals surface area contributed by atoms with Crippen LogP contribution in [0.15, 0.2) is 48.5 Å². The van der Waals surface area contributed by atoms with Crippen molar-refractivity contribution >= 4 is 17.3 Å². The van der Waals surface area contributed by atoms with Crippen molar-refractivity contribution in [3.63, 3.8) is 0 Å². The SMILES string of the molecule is O=C(NCCOCc1ccccc1)c1cccc([N+](=O)[O-])c1[N+](=O)[O-]. The summed E-state index contributed by atoms with van der Waals surface area (Å²) in [6.45, 7) is 0.683. The molecule has 0 aromatic heterocycles. The fraction of sp³-hybridized carbons (Fsp3) is 0.188. The summed E-state index contributed by atoms with van der Waals surface area (Å²) in [4.78, 5) is 32.2. The molecule has 1 amide bonds. The Bertz CT molecular complexity index is 779. The van der Waals surface area contributed by atoms with Crippen LogP contribution in [0.5, 0.6) is 0 Å². The highest BCUT2D eigenvalue weighted by molar-refractivity contribution is 5.99. The zero-order chi connectivity index (χ0) is 18.2. The molecule has 0 atom stereocenters. The van der Waals surface area contributed by atoms with Gasteiger partial charge in [0.05, 0.1) is 23.1 Å². The molecule has 0 bridgehead atoms. The van der Waals surface area contributed by atoms with Crippen molar-refractivity contribution in [1.29, 1.82) is 0 Å². The number of nitrogens with zero attached hydrogens (tertiary/aromatic N) is 2. The first-order valence-corrected chi connectivity index (χ1v) is 7.32. The number of benzene rings is 2. The number of hydrogen-bond acceptors (Lipinski definition) is 6. The minimum Gasteiger partial charge on any atom is -0.375 e. The molecule has 0 aliphatic rings. The molecular weight excluding hydrogens is 330 g/mol. The van der Waals surface area contributed by atoms with E-state index in [9.17, 15) is 25.0 Å². The average Bonchev–Trinajstić information content (AvgIpc) is 2.61. The van der Waals surface area contributed by atoms with Crippen LogP contribution in [0.2, 0.25) is 0 Å². The summed E-state index contributed by atoms with van der Waals surface area (Å²) in [7, 11) is 0. The number of para-hydroxylation sites is 1. The molecule has 0 unspecified atom stereocenters. The Labute approximate surface area is 142 Å². The summed E-state index contributed by atoms with van der Waals surface area (Å²) in [5, 5.41) is 24.4. The van der Waals surface area contributed by atoms with Crippen molar-refractivity contribution < 1.29 is 19.4 Å². The van der Waals surface area contributed by atoms with Crippen LogP contribution >= 0.6 is 0 Å². The van der Waals surface area contributed by atoms with Crippen LogP contribution in [-0.4, -0.2) is 28.9 Å². The lowest BCUT2D eigenvalue weighted by molar-refractivity contribution is -0.422.